The Morgan fingerprint density at radius 1 is 0.667 bits per heavy atom. The number of rotatable bonds is 5. The average Bonchev–Trinajstić information content (AvgIpc) is 3.39. The molecule has 236 valence electrons. The van der Waals surface area contributed by atoms with Crippen LogP contribution in [0.4, 0.5) is 5.69 Å². The third-order valence-corrected chi connectivity index (χ3v) is 11.3. The lowest BCUT2D eigenvalue weighted by atomic mass is 9.77. The molecule has 6 aromatic carbocycles. The van der Waals surface area contributed by atoms with E-state index in [2.05, 4.69) is 164 Å². The first-order valence-corrected chi connectivity index (χ1v) is 17.6. The van der Waals surface area contributed by atoms with Gasteiger partial charge in [0.2, 0.25) is 0 Å². The molecule has 48 heavy (non-hydrogen) atoms. The molecule has 2 aliphatic heterocycles. The van der Waals surface area contributed by atoms with Gasteiger partial charge in [-0.05, 0) is 76.6 Å². The molecule has 2 nitrogen and oxygen atoms in total. The number of hydrogen-bond acceptors (Lipinski definition) is 2. The van der Waals surface area contributed by atoms with Crippen molar-refractivity contribution in [1.82, 2.24) is 0 Å². The molecule has 0 aromatic heterocycles. The Bertz CT molecular complexity index is 2150. The predicted molar refractivity (Wildman–Crippen MR) is 200 cm³/mol. The second-order valence-electron chi connectivity index (χ2n) is 14.4. The van der Waals surface area contributed by atoms with Gasteiger partial charge in [0, 0.05) is 46.3 Å². The Morgan fingerprint density at radius 2 is 1.29 bits per heavy atom. The van der Waals surface area contributed by atoms with Crippen molar-refractivity contribution in [1.29, 1.82) is 0 Å². The van der Waals surface area contributed by atoms with Gasteiger partial charge in [0.25, 0.3) is 0 Å². The number of ether oxygens (including phenoxy) is 1. The molecule has 1 saturated heterocycles. The van der Waals surface area contributed by atoms with E-state index in [1.807, 2.05) is 0 Å². The van der Waals surface area contributed by atoms with Crippen molar-refractivity contribution in [3.05, 3.63) is 173 Å². The second-order valence-corrected chi connectivity index (χ2v) is 14.4. The Morgan fingerprint density at radius 3 is 2.04 bits per heavy atom. The maximum Gasteiger partial charge on any atom is 0.178 e. The lowest BCUT2D eigenvalue weighted by Crippen LogP contribution is -2.36. The standard InChI is InChI=1S/C46H41NO/c1-45(2)41-20-12-11-19-39(41)42-37-17-9-10-18-38(37)44-40(43(42)45)25-28-46(48-44,34-15-7-4-8-16-34)35-21-23-36(24-22-35)47-29-26-33(27-30-47)31-32-13-5-3-6-14-32/h3-25,28,33H,26-27,29-31H2,1-2H3. The van der Waals surface area contributed by atoms with Gasteiger partial charge in [0.05, 0.1) is 0 Å². The summed E-state index contributed by atoms with van der Waals surface area (Å²) in [6.45, 7) is 6.92. The van der Waals surface area contributed by atoms with Crippen molar-refractivity contribution in [2.75, 3.05) is 18.0 Å². The largest absolute Gasteiger partial charge is 0.472 e. The van der Waals surface area contributed by atoms with Crippen LogP contribution in [0.1, 0.15) is 60.1 Å². The topological polar surface area (TPSA) is 12.5 Å². The molecule has 2 heteroatoms. The third kappa shape index (κ3) is 4.53. The Balaban J connectivity index is 1.10. The van der Waals surface area contributed by atoms with Crippen molar-refractivity contribution in [2.24, 2.45) is 5.92 Å². The van der Waals surface area contributed by atoms with Crippen LogP contribution in [0.25, 0.3) is 28.0 Å². The van der Waals surface area contributed by atoms with Crippen LogP contribution in [-0.4, -0.2) is 13.1 Å². The summed E-state index contributed by atoms with van der Waals surface area (Å²) in [5, 5.41) is 2.42. The maximum atomic E-state index is 7.48. The van der Waals surface area contributed by atoms with E-state index in [-0.39, 0.29) is 5.41 Å². The molecule has 1 atom stereocenters. The highest BCUT2D eigenvalue weighted by molar-refractivity contribution is 6.08. The van der Waals surface area contributed by atoms with Gasteiger partial charge in [-0.3, -0.25) is 0 Å². The van der Waals surface area contributed by atoms with Crippen molar-refractivity contribution in [2.45, 2.75) is 44.1 Å². The molecule has 6 aromatic rings. The summed E-state index contributed by atoms with van der Waals surface area (Å²) in [6, 6.07) is 48.7. The zero-order chi connectivity index (χ0) is 32.3. The van der Waals surface area contributed by atoms with Crippen molar-refractivity contribution >= 4 is 22.5 Å². The predicted octanol–water partition coefficient (Wildman–Crippen LogP) is 11.0. The van der Waals surface area contributed by atoms with E-state index in [0.29, 0.717) is 0 Å². The molecule has 9 rings (SSSR count). The summed E-state index contributed by atoms with van der Waals surface area (Å²) in [6.07, 6.45) is 8.30. The van der Waals surface area contributed by atoms with Gasteiger partial charge in [0.15, 0.2) is 5.60 Å². The van der Waals surface area contributed by atoms with E-state index in [9.17, 15) is 0 Å². The van der Waals surface area contributed by atoms with E-state index < -0.39 is 5.60 Å². The molecule has 0 spiro atoms. The van der Waals surface area contributed by atoms with E-state index in [1.54, 1.807) is 0 Å². The van der Waals surface area contributed by atoms with Crippen LogP contribution in [0.15, 0.2) is 140 Å². The molecule has 1 aliphatic carbocycles. The number of fused-ring (bicyclic) bond motifs is 8. The zero-order valence-corrected chi connectivity index (χ0v) is 27.8. The van der Waals surface area contributed by atoms with E-state index >= 15 is 0 Å². The fourth-order valence-electron chi connectivity index (χ4n) is 8.83. The van der Waals surface area contributed by atoms with Crippen LogP contribution in [0, 0.1) is 5.92 Å². The molecule has 2 heterocycles. The molecular weight excluding hydrogens is 583 g/mol. The molecule has 0 saturated carbocycles. The first kappa shape index (κ1) is 29.1. The smallest absolute Gasteiger partial charge is 0.178 e. The minimum atomic E-state index is -0.748. The summed E-state index contributed by atoms with van der Waals surface area (Å²) in [5.74, 6) is 1.72. The molecule has 1 fully saturated rings. The fourth-order valence-corrected chi connectivity index (χ4v) is 8.83. The minimum absolute atomic E-state index is 0.142. The molecule has 0 bridgehead atoms. The first-order valence-electron chi connectivity index (χ1n) is 17.6. The minimum Gasteiger partial charge on any atom is -0.472 e. The maximum absolute atomic E-state index is 7.48. The highest BCUT2D eigenvalue weighted by Gasteiger charge is 2.44. The number of benzene rings is 6. The number of piperidine rings is 1. The average molecular weight is 624 g/mol. The van der Waals surface area contributed by atoms with Gasteiger partial charge >= 0.3 is 0 Å². The quantitative estimate of drug-likeness (QED) is 0.189. The van der Waals surface area contributed by atoms with E-state index in [0.717, 1.165) is 35.9 Å². The first-order chi connectivity index (χ1) is 23.5. The highest BCUT2D eigenvalue weighted by atomic mass is 16.5. The molecule has 0 radical (unpaired) electrons. The Kier molecular flexibility index (Phi) is 6.83. The summed E-state index contributed by atoms with van der Waals surface area (Å²) < 4.78 is 7.48. The highest BCUT2D eigenvalue weighted by Crippen LogP contribution is 2.58. The van der Waals surface area contributed by atoms with Crippen molar-refractivity contribution in [3.63, 3.8) is 0 Å². The van der Waals surface area contributed by atoms with Gasteiger partial charge in [-0.2, -0.15) is 0 Å². The van der Waals surface area contributed by atoms with Crippen LogP contribution >= 0.6 is 0 Å². The lowest BCUT2D eigenvalue weighted by Gasteiger charge is -2.39. The second kappa shape index (κ2) is 11.3. The van der Waals surface area contributed by atoms with Crippen molar-refractivity contribution < 1.29 is 4.74 Å². The van der Waals surface area contributed by atoms with Crippen LogP contribution in [0.3, 0.4) is 0 Å². The summed E-state index contributed by atoms with van der Waals surface area (Å²) in [5.41, 5.74) is 10.8. The van der Waals surface area contributed by atoms with Gasteiger partial charge in [-0.25, -0.2) is 0 Å². The van der Waals surface area contributed by atoms with E-state index in [1.165, 1.54) is 69.1 Å². The van der Waals surface area contributed by atoms with Crippen LogP contribution in [-0.2, 0) is 17.4 Å². The van der Waals surface area contributed by atoms with Gasteiger partial charge in [-0.1, -0.05) is 141 Å². The Labute approximate surface area is 284 Å². The van der Waals surface area contributed by atoms with E-state index in [4.69, 9.17) is 4.74 Å². The third-order valence-electron chi connectivity index (χ3n) is 11.3. The number of anilines is 1. The lowest BCUT2D eigenvalue weighted by molar-refractivity contribution is 0.163. The van der Waals surface area contributed by atoms with Crippen LogP contribution in [0.5, 0.6) is 5.75 Å². The van der Waals surface area contributed by atoms with Gasteiger partial charge < -0.3 is 9.64 Å². The van der Waals surface area contributed by atoms with Gasteiger partial charge in [0.1, 0.15) is 5.75 Å². The fraction of sp³-hybridized carbons (Fsp3) is 0.217. The Hall–Kier alpha value is -5.08. The van der Waals surface area contributed by atoms with Crippen LogP contribution in [0.2, 0.25) is 0 Å². The van der Waals surface area contributed by atoms with Crippen molar-refractivity contribution in [3.8, 4) is 16.9 Å². The SMILES string of the molecule is CC1(C)c2ccccc2-c2c1c1c(c3ccccc23)OC(c2ccccc2)(c2ccc(N3CCC(Cc4ccccc4)CC3)cc2)C=C1. The normalized spacial score (nSPS) is 19.4. The molecule has 3 aliphatic rings. The summed E-state index contributed by atoms with van der Waals surface area (Å²) in [7, 11) is 0. The summed E-state index contributed by atoms with van der Waals surface area (Å²) in [4.78, 5) is 2.56. The number of nitrogens with zero attached hydrogens (tertiary/aromatic N) is 1. The number of hydrogen-bond donors (Lipinski definition) is 0. The molecule has 0 amide bonds. The zero-order valence-electron chi connectivity index (χ0n) is 27.8. The molecular formula is C46H41NO. The summed E-state index contributed by atoms with van der Waals surface area (Å²) >= 11 is 0. The van der Waals surface area contributed by atoms with Gasteiger partial charge in [-0.15, -0.1) is 0 Å². The van der Waals surface area contributed by atoms with Crippen LogP contribution < -0.4 is 9.64 Å². The molecule has 1 unspecified atom stereocenters. The monoisotopic (exact) mass is 623 g/mol. The molecule has 0 N–H and O–H groups in total.